The number of anilines is 1. The van der Waals surface area contributed by atoms with Crippen LogP contribution >= 0.6 is 0 Å². The van der Waals surface area contributed by atoms with E-state index < -0.39 is 11.9 Å². The van der Waals surface area contributed by atoms with E-state index in [1.54, 1.807) is 0 Å². The molecule has 1 aliphatic carbocycles. The van der Waals surface area contributed by atoms with Crippen molar-refractivity contribution < 1.29 is 23.9 Å². The molecule has 1 aromatic rings. The Kier molecular flexibility index (Phi) is 6.35. The van der Waals surface area contributed by atoms with E-state index in [4.69, 9.17) is 0 Å². The van der Waals surface area contributed by atoms with Crippen molar-refractivity contribution in [3.8, 4) is 0 Å². The van der Waals surface area contributed by atoms with Gasteiger partial charge in [0.15, 0.2) is 0 Å². The van der Waals surface area contributed by atoms with Crippen LogP contribution in [0.2, 0.25) is 0 Å². The lowest BCUT2D eigenvalue weighted by Crippen LogP contribution is -2.19. The van der Waals surface area contributed by atoms with Gasteiger partial charge in [-0.1, -0.05) is 19.3 Å². The van der Waals surface area contributed by atoms with Crippen LogP contribution in [0.25, 0.3) is 0 Å². The molecule has 0 aliphatic heterocycles. The molecule has 24 heavy (non-hydrogen) atoms. The minimum atomic E-state index is -0.580. The molecule has 0 unspecified atom stereocenters. The zero-order chi connectivity index (χ0) is 17.5. The molecule has 2 rings (SSSR count). The molecule has 0 atom stereocenters. The standard InChI is InChI=1S/C18H23NO5/c1-23-17(21)13-9-14(18(22)24-2)11-15(10-13)19-16(20)8-12-6-4-3-5-7-12/h9-12H,3-8H2,1-2H3,(H,19,20). The van der Waals surface area contributed by atoms with Gasteiger partial charge in [-0.3, -0.25) is 4.79 Å². The fourth-order valence-electron chi connectivity index (χ4n) is 3.04. The smallest absolute Gasteiger partial charge is 0.337 e. The summed E-state index contributed by atoms with van der Waals surface area (Å²) in [5.74, 6) is -0.866. The first-order valence-corrected chi connectivity index (χ1v) is 8.15. The summed E-state index contributed by atoms with van der Waals surface area (Å²) in [5.41, 5.74) is 0.765. The Labute approximate surface area is 141 Å². The van der Waals surface area contributed by atoms with Gasteiger partial charge in [-0.2, -0.15) is 0 Å². The minimum absolute atomic E-state index is 0.111. The molecule has 1 aliphatic rings. The third kappa shape index (κ3) is 4.81. The highest BCUT2D eigenvalue weighted by atomic mass is 16.5. The summed E-state index contributed by atoms with van der Waals surface area (Å²) in [6.07, 6.45) is 6.17. The molecule has 6 nitrogen and oxygen atoms in total. The number of carbonyl (C=O) groups is 3. The Morgan fingerprint density at radius 2 is 1.50 bits per heavy atom. The normalized spacial score (nSPS) is 14.8. The lowest BCUT2D eigenvalue weighted by atomic mass is 9.87. The number of nitrogens with one attached hydrogen (secondary N) is 1. The fraction of sp³-hybridized carbons (Fsp3) is 0.500. The van der Waals surface area contributed by atoms with Gasteiger partial charge >= 0.3 is 11.9 Å². The maximum atomic E-state index is 12.2. The number of esters is 2. The van der Waals surface area contributed by atoms with E-state index in [0.717, 1.165) is 12.8 Å². The van der Waals surface area contributed by atoms with Crippen molar-refractivity contribution in [3.63, 3.8) is 0 Å². The maximum Gasteiger partial charge on any atom is 0.337 e. The summed E-state index contributed by atoms with van der Waals surface area (Å²) in [7, 11) is 2.52. The lowest BCUT2D eigenvalue weighted by Gasteiger charge is -2.21. The largest absolute Gasteiger partial charge is 0.465 e. The molecule has 0 aromatic heterocycles. The molecular formula is C18H23NO5. The first-order valence-electron chi connectivity index (χ1n) is 8.15. The molecular weight excluding hydrogens is 310 g/mol. The molecule has 130 valence electrons. The molecule has 0 radical (unpaired) electrons. The van der Waals surface area contributed by atoms with Crippen molar-refractivity contribution in [2.45, 2.75) is 38.5 Å². The SMILES string of the molecule is COC(=O)c1cc(NC(=O)CC2CCCCC2)cc(C(=O)OC)c1. The van der Waals surface area contributed by atoms with E-state index in [1.807, 2.05) is 0 Å². The first kappa shape index (κ1) is 18.0. The van der Waals surface area contributed by atoms with Gasteiger partial charge in [-0.05, 0) is 37.0 Å². The highest BCUT2D eigenvalue weighted by molar-refractivity contribution is 5.99. The number of amides is 1. The lowest BCUT2D eigenvalue weighted by molar-refractivity contribution is -0.117. The minimum Gasteiger partial charge on any atom is -0.465 e. The predicted octanol–water partition coefficient (Wildman–Crippen LogP) is 3.17. The van der Waals surface area contributed by atoms with Gasteiger partial charge in [0, 0.05) is 12.1 Å². The second-order valence-corrected chi connectivity index (χ2v) is 6.04. The van der Waals surface area contributed by atoms with Gasteiger partial charge in [0.25, 0.3) is 0 Å². The van der Waals surface area contributed by atoms with Gasteiger partial charge in [0.2, 0.25) is 5.91 Å². The summed E-state index contributed by atoms with van der Waals surface area (Å²) >= 11 is 0. The summed E-state index contributed by atoms with van der Waals surface area (Å²) in [5, 5.41) is 2.77. The Morgan fingerprint density at radius 3 is 2.00 bits per heavy atom. The van der Waals surface area contributed by atoms with E-state index in [1.165, 1.54) is 51.7 Å². The number of ether oxygens (including phenoxy) is 2. The Balaban J connectivity index is 2.13. The van der Waals surface area contributed by atoms with Crippen LogP contribution < -0.4 is 5.32 Å². The van der Waals surface area contributed by atoms with Crippen LogP contribution in [0.15, 0.2) is 18.2 Å². The number of rotatable bonds is 5. The van der Waals surface area contributed by atoms with Gasteiger partial charge in [-0.25, -0.2) is 9.59 Å². The van der Waals surface area contributed by atoms with Crippen molar-refractivity contribution >= 4 is 23.5 Å². The third-order valence-corrected chi connectivity index (χ3v) is 4.26. The van der Waals surface area contributed by atoms with Crippen LogP contribution in [-0.2, 0) is 14.3 Å². The summed E-state index contributed by atoms with van der Waals surface area (Å²) in [6, 6.07) is 4.38. The number of carbonyl (C=O) groups excluding carboxylic acids is 3. The van der Waals surface area contributed by atoms with E-state index >= 15 is 0 Å². The summed E-state index contributed by atoms with van der Waals surface area (Å²) in [6.45, 7) is 0. The molecule has 1 aromatic carbocycles. The number of benzene rings is 1. The van der Waals surface area contributed by atoms with Gasteiger partial charge in [-0.15, -0.1) is 0 Å². The van der Waals surface area contributed by atoms with Crippen molar-refractivity contribution in [2.24, 2.45) is 5.92 Å². The highest BCUT2D eigenvalue weighted by Crippen LogP contribution is 2.27. The fourth-order valence-corrected chi connectivity index (χ4v) is 3.04. The van der Waals surface area contributed by atoms with Crippen molar-refractivity contribution in [1.82, 2.24) is 0 Å². The van der Waals surface area contributed by atoms with Crippen molar-refractivity contribution in [1.29, 1.82) is 0 Å². The van der Waals surface area contributed by atoms with Crippen LogP contribution in [-0.4, -0.2) is 32.1 Å². The average Bonchev–Trinajstić information content (AvgIpc) is 2.60. The van der Waals surface area contributed by atoms with E-state index in [0.29, 0.717) is 18.0 Å². The highest BCUT2D eigenvalue weighted by Gasteiger charge is 2.19. The predicted molar refractivity (Wildman–Crippen MR) is 88.9 cm³/mol. The Morgan fingerprint density at radius 1 is 0.958 bits per heavy atom. The number of hydrogen-bond acceptors (Lipinski definition) is 5. The maximum absolute atomic E-state index is 12.2. The summed E-state index contributed by atoms with van der Waals surface area (Å²) < 4.78 is 9.36. The van der Waals surface area contributed by atoms with Crippen LogP contribution in [0.5, 0.6) is 0 Å². The van der Waals surface area contributed by atoms with Crippen LogP contribution in [0, 0.1) is 5.92 Å². The third-order valence-electron chi connectivity index (χ3n) is 4.26. The van der Waals surface area contributed by atoms with E-state index in [-0.39, 0.29) is 17.0 Å². The molecule has 1 fully saturated rings. The second-order valence-electron chi connectivity index (χ2n) is 6.04. The Hall–Kier alpha value is -2.37. The van der Waals surface area contributed by atoms with E-state index in [9.17, 15) is 14.4 Å². The zero-order valence-corrected chi connectivity index (χ0v) is 14.1. The Bertz CT molecular complexity index is 586. The molecule has 0 bridgehead atoms. The second kappa shape index (κ2) is 8.47. The molecule has 1 N–H and O–H groups in total. The topological polar surface area (TPSA) is 81.7 Å². The van der Waals surface area contributed by atoms with E-state index in [2.05, 4.69) is 14.8 Å². The monoisotopic (exact) mass is 333 g/mol. The molecule has 1 saturated carbocycles. The van der Waals surface area contributed by atoms with Crippen LogP contribution in [0.4, 0.5) is 5.69 Å². The van der Waals surface area contributed by atoms with Crippen LogP contribution in [0.1, 0.15) is 59.2 Å². The summed E-state index contributed by atoms with van der Waals surface area (Å²) in [4.78, 5) is 35.7. The molecule has 0 spiro atoms. The molecule has 6 heteroatoms. The van der Waals surface area contributed by atoms with Crippen molar-refractivity contribution in [3.05, 3.63) is 29.3 Å². The number of methoxy groups -OCH3 is 2. The zero-order valence-electron chi connectivity index (χ0n) is 14.1. The van der Waals surface area contributed by atoms with Gasteiger partial charge in [0.05, 0.1) is 25.3 Å². The van der Waals surface area contributed by atoms with Gasteiger partial charge in [0.1, 0.15) is 0 Å². The number of hydrogen-bond donors (Lipinski definition) is 1. The molecule has 1 amide bonds. The first-order chi connectivity index (χ1) is 11.5. The van der Waals surface area contributed by atoms with Crippen LogP contribution in [0.3, 0.4) is 0 Å². The quantitative estimate of drug-likeness (QED) is 0.837. The average molecular weight is 333 g/mol. The molecule has 0 heterocycles. The van der Waals surface area contributed by atoms with Crippen molar-refractivity contribution in [2.75, 3.05) is 19.5 Å². The molecule has 0 saturated heterocycles. The van der Waals surface area contributed by atoms with Gasteiger partial charge < -0.3 is 14.8 Å².